The molecule has 0 spiro atoms. The van der Waals surface area contributed by atoms with Crippen molar-refractivity contribution in [1.29, 1.82) is 0 Å². The van der Waals surface area contributed by atoms with Crippen LogP contribution in [0.2, 0.25) is 0 Å². The summed E-state index contributed by atoms with van der Waals surface area (Å²) in [7, 11) is 0. The molecule has 0 aromatic carbocycles. The van der Waals surface area contributed by atoms with Gasteiger partial charge in [-0.25, -0.2) is 0 Å². The highest BCUT2D eigenvalue weighted by Gasteiger charge is 1.97. The fourth-order valence-corrected chi connectivity index (χ4v) is 2.13. The smallest absolute Gasteiger partial charge is 0.0437 e. The van der Waals surface area contributed by atoms with Crippen LogP contribution in [0.25, 0.3) is 6.08 Å². The highest BCUT2D eigenvalue weighted by Crippen LogP contribution is 2.20. The first-order chi connectivity index (χ1) is 5.77. The normalized spacial score (nSPS) is 12.1. The van der Waals surface area contributed by atoms with Crippen molar-refractivity contribution < 1.29 is 0 Å². The van der Waals surface area contributed by atoms with Crippen LogP contribution in [0, 0.1) is 6.92 Å². The van der Waals surface area contributed by atoms with Gasteiger partial charge in [0.15, 0.2) is 0 Å². The van der Waals surface area contributed by atoms with Crippen LogP contribution in [-0.4, -0.2) is 5.88 Å². The maximum atomic E-state index is 5.77. The largest absolute Gasteiger partial charge is 0.144 e. The Morgan fingerprint density at radius 2 is 2.42 bits per heavy atom. The second-order valence-electron chi connectivity index (χ2n) is 2.76. The van der Waals surface area contributed by atoms with Crippen LogP contribution in [0.5, 0.6) is 0 Å². The van der Waals surface area contributed by atoms with Crippen molar-refractivity contribution in [3.8, 4) is 0 Å². The summed E-state index contributed by atoms with van der Waals surface area (Å²) in [5.74, 6) is 0.647. The molecule has 0 radical (unpaired) electrons. The number of halogens is 1. The van der Waals surface area contributed by atoms with Gasteiger partial charge in [0.1, 0.15) is 0 Å². The standard InChI is InChI=1S/C10H13ClS/c1-3-9(7-11)6-10-8(2)4-5-12-10/h4-6H,3,7H2,1-2H3. The first kappa shape index (κ1) is 9.82. The summed E-state index contributed by atoms with van der Waals surface area (Å²) in [5.41, 5.74) is 2.65. The molecule has 0 amide bonds. The second-order valence-corrected chi connectivity index (χ2v) is 3.97. The van der Waals surface area contributed by atoms with Crippen molar-refractivity contribution in [2.45, 2.75) is 20.3 Å². The van der Waals surface area contributed by atoms with Crippen LogP contribution in [-0.2, 0) is 0 Å². The molecule has 0 nitrogen and oxygen atoms in total. The second kappa shape index (κ2) is 4.68. The van der Waals surface area contributed by atoms with Gasteiger partial charge in [-0.15, -0.1) is 22.9 Å². The van der Waals surface area contributed by atoms with E-state index in [2.05, 4.69) is 31.4 Å². The summed E-state index contributed by atoms with van der Waals surface area (Å²) in [5, 5.41) is 2.11. The first-order valence-electron chi connectivity index (χ1n) is 4.07. The Kier molecular flexibility index (Phi) is 3.83. The van der Waals surface area contributed by atoms with E-state index in [4.69, 9.17) is 11.6 Å². The molecule has 66 valence electrons. The summed E-state index contributed by atoms with van der Waals surface area (Å²) < 4.78 is 0. The highest BCUT2D eigenvalue weighted by atomic mass is 35.5. The minimum Gasteiger partial charge on any atom is -0.144 e. The molecule has 1 heterocycles. The molecule has 0 aliphatic rings. The minimum atomic E-state index is 0.647. The van der Waals surface area contributed by atoms with Crippen LogP contribution in [0.3, 0.4) is 0 Å². The third-order valence-corrected chi connectivity index (χ3v) is 3.17. The van der Waals surface area contributed by atoms with Gasteiger partial charge in [-0.1, -0.05) is 12.5 Å². The van der Waals surface area contributed by atoms with Gasteiger partial charge in [0.2, 0.25) is 0 Å². The summed E-state index contributed by atoms with van der Waals surface area (Å²) >= 11 is 7.55. The molecule has 0 aliphatic carbocycles. The van der Waals surface area contributed by atoms with E-state index in [0.29, 0.717) is 5.88 Å². The van der Waals surface area contributed by atoms with Crippen molar-refractivity contribution in [3.05, 3.63) is 27.5 Å². The van der Waals surface area contributed by atoms with Crippen molar-refractivity contribution in [3.63, 3.8) is 0 Å². The molecule has 0 saturated heterocycles. The molecule has 0 saturated carbocycles. The zero-order valence-corrected chi connectivity index (χ0v) is 9.00. The van der Waals surface area contributed by atoms with Crippen molar-refractivity contribution in [2.75, 3.05) is 5.88 Å². The quantitative estimate of drug-likeness (QED) is 0.645. The fourth-order valence-electron chi connectivity index (χ4n) is 0.953. The van der Waals surface area contributed by atoms with E-state index in [1.807, 2.05) is 0 Å². The van der Waals surface area contributed by atoms with Crippen LogP contribution in [0.15, 0.2) is 17.0 Å². The van der Waals surface area contributed by atoms with Gasteiger partial charge in [-0.3, -0.25) is 0 Å². The van der Waals surface area contributed by atoms with E-state index in [9.17, 15) is 0 Å². The lowest BCUT2D eigenvalue weighted by molar-refractivity contribution is 1.12. The van der Waals surface area contributed by atoms with Crippen molar-refractivity contribution in [2.24, 2.45) is 0 Å². The predicted octanol–water partition coefficient (Wildman–Crippen LogP) is 4.09. The molecule has 0 aliphatic heterocycles. The molecule has 1 aromatic rings. The van der Waals surface area contributed by atoms with Crippen LogP contribution in [0.1, 0.15) is 23.8 Å². The Morgan fingerprint density at radius 3 is 2.83 bits per heavy atom. The number of hydrogen-bond donors (Lipinski definition) is 0. The van der Waals surface area contributed by atoms with Crippen molar-refractivity contribution >= 4 is 29.0 Å². The molecule has 0 N–H and O–H groups in total. The lowest BCUT2D eigenvalue weighted by atomic mass is 10.2. The highest BCUT2D eigenvalue weighted by molar-refractivity contribution is 7.11. The van der Waals surface area contributed by atoms with Crippen LogP contribution < -0.4 is 0 Å². The third kappa shape index (κ3) is 2.36. The SMILES string of the molecule is CCC(=Cc1sccc1C)CCl. The average Bonchev–Trinajstić information content (AvgIpc) is 2.47. The summed E-state index contributed by atoms with van der Waals surface area (Å²) in [6.07, 6.45) is 3.24. The number of alkyl halides is 1. The Hall–Kier alpha value is -0.270. The summed E-state index contributed by atoms with van der Waals surface area (Å²) in [6.45, 7) is 4.26. The third-order valence-electron chi connectivity index (χ3n) is 1.86. The van der Waals surface area contributed by atoms with E-state index >= 15 is 0 Å². The molecule has 1 aromatic heterocycles. The van der Waals surface area contributed by atoms with E-state index in [0.717, 1.165) is 6.42 Å². The number of allylic oxidation sites excluding steroid dienone is 1. The Balaban J connectivity index is 2.85. The monoisotopic (exact) mass is 200 g/mol. The molecule has 0 fully saturated rings. The fraction of sp³-hybridized carbons (Fsp3) is 0.400. The van der Waals surface area contributed by atoms with Gasteiger partial charge < -0.3 is 0 Å². The molecule has 0 bridgehead atoms. The maximum Gasteiger partial charge on any atom is 0.0437 e. The van der Waals surface area contributed by atoms with Gasteiger partial charge >= 0.3 is 0 Å². The minimum absolute atomic E-state index is 0.647. The zero-order valence-electron chi connectivity index (χ0n) is 7.43. The van der Waals surface area contributed by atoms with E-state index in [-0.39, 0.29) is 0 Å². The lowest BCUT2D eigenvalue weighted by Gasteiger charge is -1.97. The molecular formula is C10H13ClS. The summed E-state index contributed by atoms with van der Waals surface area (Å²) in [6, 6.07) is 2.14. The molecule has 12 heavy (non-hydrogen) atoms. The van der Waals surface area contributed by atoms with Gasteiger partial charge in [-0.05, 0) is 36.4 Å². The van der Waals surface area contributed by atoms with Gasteiger partial charge in [-0.2, -0.15) is 0 Å². The van der Waals surface area contributed by atoms with Crippen molar-refractivity contribution in [1.82, 2.24) is 0 Å². The average molecular weight is 201 g/mol. The van der Waals surface area contributed by atoms with Gasteiger partial charge in [0.25, 0.3) is 0 Å². The summed E-state index contributed by atoms with van der Waals surface area (Å²) in [4.78, 5) is 1.34. The number of hydrogen-bond acceptors (Lipinski definition) is 1. The predicted molar refractivity (Wildman–Crippen MR) is 58.0 cm³/mol. The van der Waals surface area contributed by atoms with Gasteiger partial charge in [0, 0.05) is 10.8 Å². The molecule has 1 rings (SSSR count). The van der Waals surface area contributed by atoms with E-state index in [1.54, 1.807) is 11.3 Å². The number of rotatable bonds is 3. The van der Waals surface area contributed by atoms with Crippen LogP contribution >= 0.6 is 22.9 Å². The Bertz CT molecular complexity index is 267. The molecule has 2 heteroatoms. The first-order valence-corrected chi connectivity index (χ1v) is 5.48. The van der Waals surface area contributed by atoms with E-state index < -0.39 is 0 Å². The Morgan fingerprint density at radius 1 is 1.67 bits per heavy atom. The lowest BCUT2D eigenvalue weighted by Crippen LogP contribution is -1.81. The Labute approximate surface area is 82.9 Å². The van der Waals surface area contributed by atoms with Crippen LogP contribution in [0.4, 0.5) is 0 Å². The van der Waals surface area contributed by atoms with Gasteiger partial charge in [0.05, 0.1) is 0 Å². The molecule has 0 unspecified atom stereocenters. The topological polar surface area (TPSA) is 0 Å². The molecule has 0 atom stereocenters. The number of thiophene rings is 1. The zero-order chi connectivity index (χ0) is 8.97. The number of aryl methyl sites for hydroxylation is 1. The van der Waals surface area contributed by atoms with E-state index in [1.165, 1.54) is 16.0 Å². The molecular weight excluding hydrogens is 188 g/mol. The maximum absolute atomic E-state index is 5.77.